The van der Waals surface area contributed by atoms with Crippen LogP contribution in [0.4, 0.5) is 0 Å². The number of nitrogens with zero attached hydrogens (tertiary/aromatic N) is 1. The number of aryl methyl sites for hydroxylation is 3. The Hall–Kier alpha value is -3.90. The number of ether oxygens (including phenoxy) is 1. The lowest BCUT2D eigenvalue weighted by Crippen LogP contribution is -2.52. The number of aromatic nitrogens is 1. The number of rotatable bonds is 10. The smallest absolute Gasteiger partial charge is 0.303 e. The van der Waals surface area contributed by atoms with E-state index in [4.69, 9.17) is 4.74 Å². The molecule has 6 heteroatoms. The number of amides is 1. The Kier molecular flexibility index (Phi) is 8.13. The summed E-state index contributed by atoms with van der Waals surface area (Å²) in [5, 5.41) is 13.9. The van der Waals surface area contributed by atoms with E-state index in [0.29, 0.717) is 31.7 Å². The minimum atomic E-state index is -0.872. The molecule has 0 radical (unpaired) electrons. The molecule has 1 aliphatic heterocycles. The molecule has 1 aliphatic rings. The highest BCUT2D eigenvalue weighted by Crippen LogP contribution is 2.28. The summed E-state index contributed by atoms with van der Waals surface area (Å²) in [4.78, 5) is 25.3. The van der Waals surface area contributed by atoms with Gasteiger partial charge in [-0.25, -0.2) is 0 Å². The Morgan fingerprint density at radius 3 is 2.46 bits per heavy atom. The van der Waals surface area contributed by atoms with Crippen molar-refractivity contribution in [2.75, 3.05) is 13.2 Å². The quantitative estimate of drug-likeness (QED) is 0.270. The van der Waals surface area contributed by atoms with E-state index in [1.165, 1.54) is 16.5 Å². The third kappa shape index (κ3) is 6.40. The van der Waals surface area contributed by atoms with Crippen molar-refractivity contribution in [3.8, 4) is 0 Å². The Balaban J connectivity index is 1.42. The van der Waals surface area contributed by atoms with Gasteiger partial charge in [0.15, 0.2) is 0 Å². The molecular weight excluding hydrogens is 488 g/mol. The fourth-order valence-corrected chi connectivity index (χ4v) is 5.69. The third-order valence-electron chi connectivity index (χ3n) is 7.93. The molecule has 1 saturated heterocycles. The van der Waals surface area contributed by atoms with Crippen molar-refractivity contribution < 1.29 is 19.4 Å². The fourth-order valence-electron chi connectivity index (χ4n) is 5.69. The van der Waals surface area contributed by atoms with Crippen LogP contribution in [0.2, 0.25) is 0 Å². The van der Waals surface area contributed by atoms with Gasteiger partial charge in [0.05, 0.1) is 0 Å². The Bertz CT molecular complexity index is 1450. The van der Waals surface area contributed by atoms with Gasteiger partial charge in [0.25, 0.3) is 5.91 Å². The highest BCUT2D eigenvalue weighted by Gasteiger charge is 2.34. The fraction of sp³-hybridized carbons (Fsp3) is 0.333. The van der Waals surface area contributed by atoms with E-state index in [2.05, 4.69) is 47.3 Å². The van der Waals surface area contributed by atoms with Crippen molar-refractivity contribution in [1.82, 2.24) is 9.88 Å². The third-order valence-corrected chi connectivity index (χ3v) is 7.93. The van der Waals surface area contributed by atoms with E-state index in [0.717, 1.165) is 42.3 Å². The zero-order chi connectivity index (χ0) is 27.2. The summed E-state index contributed by atoms with van der Waals surface area (Å²) in [5.74, 6) is -1.01. The Morgan fingerprint density at radius 2 is 1.69 bits per heavy atom. The topological polar surface area (TPSA) is 80.6 Å². The summed E-state index contributed by atoms with van der Waals surface area (Å²) in [6, 6.07) is 24.5. The first-order valence-corrected chi connectivity index (χ1v) is 13.7. The molecule has 1 fully saturated rings. The number of hydrogen-bond donors (Lipinski definition) is 2. The Labute approximate surface area is 229 Å². The summed E-state index contributed by atoms with van der Waals surface area (Å²) >= 11 is 0. The molecule has 0 bridgehead atoms. The molecule has 0 atom stereocenters. The lowest BCUT2D eigenvalue weighted by molar-refractivity contribution is -0.136. The highest BCUT2D eigenvalue weighted by molar-refractivity contribution is 5.96. The zero-order valence-corrected chi connectivity index (χ0v) is 22.5. The summed E-state index contributed by atoms with van der Waals surface area (Å²) in [6.07, 6.45) is 5.63. The average molecular weight is 525 g/mol. The van der Waals surface area contributed by atoms with Crippen molar-refractivity contribution >= 4 is 22.8 Å². The second-order valence-electron chi connectivity index (χ2n) is 10.7. The second-order valence-corrected chi connectivity index (χ2v) is 10.7. The van der Waals surface area contributed by atoms with Crippen LogP contribution >= 0.6 is 0 Å². The van der Waals surface area contributed by atoms with E-state index < -0.39 is 5.97 Å². The SMILES string of the molecule is Cc1cn(Cc2ccc(CCC(=O)O)c(C(=O)NC3(CCc4ccccc4)CCOCC3)c2)c2ccccc12. The molecule has 1 aromatic heterocycles. The molecule has 4 aromatic rings. The van der Waals surface area contributed by atoms with E-state index in [-0.39, 0.29) is 17.9 Å². The number of benzene rings is 3. The summed E-state index contributed by atoms with van der Waals surface area (Å²) < 4.78 is 7.86. The second kappa shape index (κ2) is 11.9. The predicted octanol–water partition coefficient (Wildman–Crippen LogP) is 5.93. The summed E-state index contributed by atoms with van der Waals surface area (Å²) in [5.41, 5.74) is 5.57. The molecule has 5 rings (SSSR count). The lowest BCUT2D eigenvalue weighted by Gasteiger charge is -2.38. The van der Waals surface area contributed by atoms with Gasteiger partial charge < -0.3 is 19.7 Å². The molecule has 0 unspecified atom stereocenters. The van der Waals surface area contributed by atoms with E-state index in [1.807, 2.05) is 48.5 Å². The van der Waals surface area contributed by atoms with Gasteiger partial charge in [0.1, 0.15) is 0 Å². The van der Waals surface area contributed by atoms with Gasteiger partial charge in [-0.15, -0.1) is 0 Å². The molecular formula is C33H36N2O4. The van der Waals surface area contributed by atoms with Gasteiger partial charge in [-0.2, -0.15) is 0 Å². The van der Waals surface area contributed by atoms with Gasteiger partial charge in [0, 0.05) is 54.4 Å². The number of fused-ring (bicyclic) bond motifs is 1. The van der Waals surface area contributed by atoms with Crippen molar-refractivity contribution in [2.24, 2.45) is 0 Å². The molecule has 2 heterocycles. The number of carbonyl (C=O) groups is 2. The average Bonchev–Trinajstić information content (AvgIpc) is 3.27. The van der Waals surface area contributed by atoms with Crippen LogP contribution in [0.15, 0.2) is 79.0 Å². The first kappa shape index (κ1) is 26.7. The van der Waals surface area contributed by atoms with Crippen LogP contribution in [0.3, 0.4) is 0 Å². The molecule has 6 nitrogen and oxygen atoms in total. The standard InChI is InChI=1S/C33H36N2O4/c1-24-22-35(30-10-6-5-9-28(24)30)23-26-11-12-27(13-14-31(36)37)29(21-26)32(38)34-33(17-19-39-20-18-33)16-15-25-7-3-2-4-8-25/h2-12,21-22H,13-20,23H2,1H3,(H,34,38)(H,36,37). The van der Waals surface area contributed by atoms with Crippen molar-refractivity contribution in [3.63, 3.8) is 0 Å². The molecule has 0 aliphatic carbocycles. The number of carboxylic acids is 1. The van der Waals surface area contributed by atoms with E-state index in [9.17, 15) is 14.7 Å². The van der Waals surface area contributed by atoms with Crippen LogP contribution in [-0.2, 0) is 28.9 Å². The highest BCUT2D eigenvalue weighted by atomic mass is 16.5. The molecule has 0 saturated carbocycles. The number of para-hydroxylation sites is 1. The van der Waals surface area contributed by atoms with Gasteiger partial charge >= 0.3 is 5.97 Å². The number of nitrogens with one attached hydrogen (secondary N) is 1. The largest absolute Gasteiger partial charge is 0.481 e. The van der Waals surface area contributed by atoms with Crippen molar-refractivity contribution in [1.29, 1.82) is 0 Å². The van der Waals surface area contributed by atoms with Gasteiger partial charge in [-0.3, -0.25) is 9.59 Å². The predicted molar refractivity (Wildman–Crippen MR) is 153 cm³/mol. The molecule has 202 valence electrons. The molecule has 2 N–H and O–H groups in total. The lowest BCUT2D eigenvalue weighted by atomic mass is 9.83. The van der Waals surface area contributed by atoms with Gasteiger partial charge in [0.2, 0.25) is 0 Å². The summed E-state index contributed by atoms with van der Waals surface area (Å²) in [7, 11) is 0. The monoisotopic (exact) mass is 524 g/mol. The maximum Gasteiger partial charge on any atom is 0.303 e. The summed E-state index contributed by atoms with van der Waals surface area (Å²) in [6.45, 7) is 3.96. The minimum Gasteiger partial charge on any atom is -0.481 e. The number of hydrogen-bond acceptors (Lipinski definition) is 3. The van der Waals surface area contributed by atoms with E-state index >= 15 is 0 Å². The van der Waals surface area contributed by atoms with Gasteiger partial charge in [-0.05, 0) is 73.4 Å². The van der Waals surface area contributed by atoms with Crippen molar-refractivity contribution in [3.05, 3.63) is 107 Å². The normalized spacial score (nSPS) is 14.8. The number of carboxylic acid groups (broad SMARTS) is 1. The number of aliphatic carboxylic acids is 1. The molecule has 39 heavy (non-hydrogen) atoms. The molecule has 0 spiro atoms. The van der Waals surface area contributed by atoms with Crippen LogP contribution in [0, 0.1) is 6.92 Å². The Morgan fingerprint density at radius 1 is 0.949 bits per heavy atom. The van der Waals surface area contributed by atoms with Crippen LogP contribution in [-0.4, -0.2) is 40.3 Å². The van der Waals surface area contributed by atoms with Crippen LogP contribution in [0.5, 0.6) is 0 Å². The zero-order valence-electron chi connectivity index (χ0n) is 22.5. The van der Waals surface area contributed by atoms with Crippen LogP contribution < -0.4 is 5.32 Å². The molecule has 1 amide bonds. The minimum absolute atomic E-state index is 0.0198. The molecule has 3 aromatic carbocycles. The number of carbonyl (C=O) groups excluding carboxylic acids is 1. The van der Waals surface area contributed by atoms with Crippen molar-refractivity contribution in [2.45, 2.75) is 57.5 Å². The first-order valence-electron chi connectivity index (χ1n) is 13.7. The van der Waals surface area contributed by atoms with Crippen LogP contribution in [0.1, 0.15) is 58.3 Å². The van der Waals surface area contributed by atoms with E-state index in [1.54, 1.807) is 0 Å². The van der Waals surface area contributed by atoms with Crippen LogP contribution in [0.25, 0.3) is 10.9 Å². The maximum absolute atomic E-state index is 13.9. The van der Waals surface area contributed by atoms with Gasteiger partial charge in [-0.1, -0.05) is 60.7 Å². The maximum atomic E-state index is 13.9. The first-order chi connectivity index (χ1) is 18.9.